The number of rotatable bonds is 2. The van der Waals surface area contributed by atoms with Crippen molar-refractivity contribution in [1.29, 1.82) is 0 Å². The van der Waals surface area contributed by atoms with E-state index in [-0.39, 0.29) is 12.2 Å². The molecule has 0 aliphatic carbocycles. The molecule has 5 nitrogen and oxygen atoms in total. The van der Waals surface area contributed by atoms with E-state index in [9.17, 15) is 28.4 Å². The number of halogens is 4. The second-order valence-electron chi connectivity index (χ2n) is 4.46. The zero-order valence-electron chi connectivity index (χ0n) is 10.0. The van der Waals surface area contributed by atoms with Gasteiger partial charge in [0.05, 0.1) is 21.6 Å². The summed E-state index contributed by atoms with van der Waals surface area (Å²) in [6, 6.07) is 1.36. The lowest BCUT2D eigenvalue weighted by atomic mass is 10.1. The van der Waals surface area contributed by atoms with Gasteiger partial charge in [-0.05, 0) is 12.5 Å². The average Bonchev–Trinajstić information content (AvgIpc) is 2.73. The van der Waals surface area contributed by atoms with Gasteiger partial charge in [0, 0.05) is 19.2 Å². The number of aliphatic hydroxyl groups excluding tert-OH is 1. The smallest absolute Gasteiger partial charge is 0.391 e. The number of benzene rings is 1. The first kappa shape index (κ1) is 14.9. The van der Waals surface area contributed by atoms with Gasteiger partial charge in [-0.3, -0.25) is 10.1 Å². The summed E-state index contributed by atoms with van der Waals surface area (Å²) < 4.78 is 38.1. The second kappa shape index (κ2) is 5.10. The van der Waals surface area contributed by atoms with E-state index in [1.807, 2.05) is 0 Å². The van der Waals surface area contributed by atoms with Crippen LogP contribution >= 0.6 is 11.6 Å². The van der Waals surface area contributed by atoms with Crippen LogP contribution in [0.15, 0.2) is 12.1 Å². The van der Waals surface area contributed by atoms with Crippen LogP contribution in [0.5, 0.6) is 0 Å². The fraction of sp³-hybridized carbons (Fsp3) is 0.455. The SMILES string of the molecule is O=[N+]([O-])c1cc(C(F)(F)F)c(Cl)cc1N1CC[C@@H](O)C1. The van der Waals surface area contributed by atoms with Gasteiger partial charge in [0.25, 0.3) is 5.69 Å². The average molecular weight is 311 g/mol. The minimum absolute atomic E-state index is 0.00968. The third-order valence-electron chi connectivity index (χ3n) is 3.07. The highest BCUT2D eigenvalue weighted by molar-refractivity contribution is 6.31. The molecule has 1 aromatic rings. The number of alkyl halides is 3. The van der Waals surface area contributed by atoms with Crippen LogP contribution in [-0.4, -0.2) is 29.2 Å². The Hall–Kier alpha value is -1.54. The lowest BCUT2D eigenvalue weighted by Gasteiger charge is -2.19. The van der Waals surface area contributed by atoms with E-state index < -0.39 is 33.5 Å². The topological polar surface area (TPSA) is 66.6 Å². The van der Waals surface area contributed by atoms with Gasteiger partial charge in [-0.2, -0.15) is 13.2 Å². The first-order valence-corrected chi connectivity index (χ1v) is 6.06. The molecule has 1 aliphatic heterocycles. The summed E-state index contributed by atoms with van der Waals surface area (Å²) in [6.45, 7) is 0.451. The molecular weight excluding hydrogens is 301 g/mol. The number of anilines is 1. The van der Waals surface area contributed by atoms with Crippen LogP contribution in [-0.2, 0) is 6.18 Å². The van der Waals surface area contributed by atoms with E-state index in [1.54, 1.807) is 0 Å². The second-order valence-corrected chi connectivity index (χ2v) is 4.87. The highest BCUT2D eigenvalue weighted by Crippen LogP contribution is 2.42. The van der Waals surface area contributed by atoms with E-state index in [4.69, 9.17) is 11.6 Å². The van der Waals surface area contributed by atoms with E-state index in [0.29, 0.717) is 19.0 Å². The van der Waals surface area contributed by atoms with Crippen LogP contribution in [0.3, 0.4) is 0 Å². The maximum absolute atomic E-state index is 12.7. The predicted octanol–water partition coefficient (Wildman–Crippen LogP) is 2.84. The zero-order valence-corrected chi connectivity index (χ0v) is 10.8. The van der Waals surface area contributed by atoms with Crippen LogP contribution in [0.4, 0.5) is 24.5 Å². The highest BCUT2D eigenvalue weighted by atomic mass is 35.5. The maximum Gasteiger partial charge on any atom is 0.418 e. The van der Waals surface area contributed by atoms with Crippen molar-refractivity contribution in [3.05, 3.63) is 32.8 Å². The lowest BCUT2D eigenvalue weighted by molar-refractivity contribution is -0.384. The van der Waals surface area contributed by atoms with Gasteiger partial charge in [-0.15, -0.1) is 0 Å². The number of hydrogen-bond donors (Lipinski definition) is 1. The van der Waals surface area contributed by atoms with Crippen molar-refractivity contribution in [2.75, 3.05) is 18.0 Å². The summed E-state index contributed by atoms with van der Waals surface area (Å²) >= 11 is 5.57. The molecular formula is C11H10ClF3N2O3. The van der Waals surface area contributed by atoms with E-state index in [2.05, 4.69) is 0 Å². The number of nitro groups is 1. The van der Waals surface area contributed by atoms with E-state index in [1.165, 1.54) is 4.90 Å². The van der Waals surface area contributed by atoms with Gasteiger partial charge in [0.2, 0.25) is 0 Å². The third kappa shape index (κ3) is 2.80. The van der Waals surface area contributed by atoms with Gasteiger partial charge in [-0.1, -0.05) is 11.6 Å². The molecule has 1 fully saturated rings. The van der Waals surface area contributed by atoms with Crippen LogP contribution in [0, 0.1) is 10.1 Å². The molecule has 1 N–H and O–H groups in total. The van der Waals surface area contributed by atoms with Gasteiger partial charge >= 0.3 is 6.18 Å². The standard InChI is InChI=1S/C11H10ClF3N2O3/c12-8-4-9(16-2-1-6(18)5-16)10(17(19)20)3-7(8)11(13,14)15/h3-4,6,18H,1-2,5H2/t6-/m1/s1. The first-order chi connectivity index (χ1) is 9.20. The van der Waals surface area contributed by atoms with Gasteiger partial charge in [0.1, 0.15) is 5.69 Å². The van der Waals surface area contributed by atoms with Crippen molar-refractivity contribution in [2.45, 2.75) is 18.7 Å². The monoisotopic (exact) mass is 310 g/mol. The number of nitro benzene ring substituents is 1. The molecule has 0 aromatic heterocycles. The Labute approximate surface area is 116 Å². The molecule has 1 heterocycles. The fourth-order valence-corrected chi connectivity index (χ4v) is 2.39. The van der Waals surface area contributed by atoms with Crippen LogP contribution in [0.2, 0.25) is 5.02 Å². The molecule has 9 heteroatoms. The summed E-state index contributed by atoms with van der Waals surface area (Å²) in [5, 5.41) is 19.8. The Bertz CT molecular complexity index is 550. The Morgan fingerprint density at radius 1 is 1.45 bits per heavy atom. The molecule has 0 unspecified atom stereocenters. The van der Waals surface area contributed by atoms with Crippen molar-refractivity contribution < 1.29 is 23.2 Å². The quantitative estimate of drug-likeness (QED) is 0.674. The molecule has 1 aliphatic rings. The summed E-state index contributed by atoms with van der Waals surface area (Å²) in [4.78, 5) is 11.5. The zero-order chi connectivity index (χ0) is 15.1. The Kier molecular flexibility index (Phi) is 3.79. The minimum Gasteiger partial charge on any atom is -0.391 e. The fourth-order valence-electron chi connectivity index (χ4n) is 2.13. The number of aliphatic hydroxyl groups is 1. The molecule has 0 saturated carbocycles. The van der Waals surface area contributed by atoms with Crippen molar-refractivity contribution in [1.82, 2.24) is 0 Å². The molecule has 20 heavy (non-hydrogen) atoms. The molecule has 1 saturated heterocycles. The van der Waals surface area contributed by atoms with Gasteiger partial charge in [0.15, 0.2) is 0 Å². The van der Waals surface area contributed by atoms with Crippen molar-refractivity contribution in [2.24, 2.45) is 0 Å². The number of hydrogen-bond acceptors (Lipinski definition) is 4. The van der Waals surface area contributed by atoms with Crippen LogP contribution in [0.1, 0.15) is 12.0 Å². The molecule has 110 valence electrons. The molecule has 1 aromatic carbocycles. The number of nitrogens with zero attached hydrogens (tertiary/aromatic N) is 2. The van der Waals surface area contributed by atoms with E-state index >= 15 is 0 Å². The molecule has 1 atom stereocenters. The maximum atomic E-state index is 12.7. The summed E-state index contributed by atoms with van der Waals surface area (Å²) in [5.41, 5.74) is -1.92. The van der Waals surface area contributed by atoms with Crippen LogP contribution in [0.25, 0.3) is 0 Å². The van der Waals surface area contributed by atoms with Crippen molar-refractivity contribution >= 4 is 23.0 Å². The van der Waals surface area contributed by atoms with Gasteiger partial charge in [-0.25, -0.2) is 0 Å². The Morgan fingerprint density at radius 3 is 2.55 bits per heavy atom. The molecule has 0 spiro atoms. The highest BCUT2D eigenvalue weighted by Gasteiger charge is 2.37. The first-order valence-electron chi connectivity index (χ1n) is 5.68. The summed E-state index contributed by atoms with van der Waals surface area (Å²) in [7, 11) is 0. The molecule has 2 rings (SSSR count). The predicted molar refractivity (Wildman–Crippen MR) is 65.9 cm³/mol. The lowest BCUT2D eigenvalue weighted by Crippen LogP contribution is -2.22. The third-order valence-corrected chi connectivity index (χ3v) is 3.38. The molecule has 0 amide bonds. The Balaban J connectivity index is 2.52. The number of β-amino-alcohol motifs (C(OH)–C–C–N with tert-alkyl or cyclic N) is 1. The van der Waals surface area contributed by atoms with Gasteiger partial charge < -0.3 is 10.0 Å². The largest absolute Gasteiger partial charge is 0.418 e. The minimum atomic E-state index is -4.76. The van der Waals surface area contributed by atoms with Crippen molar-refractivity contribution in [3.63, 3.8) is 0 Å². The van der Waals surface area contributed by atoms with Crippen LogP contribution < -0.4 is 4.90 Å². The van der Waals surface area contributed by atoms with E-state index in [0.717, 1.165) is 6.07 Å². The Morgan fingerprint density at radius 2 is 2.10 bits per heavy atom. The summed E-state index contributed by atoms with van der Waals surface area (Å²) in [6.07, 6.45) is -5.02. The summed E-state index contributed by atoms with van der Waals surface area (Å²) in [5.74, 6) is 0. The molecule has 0 radical (unpaired) electrons. The molecule has 0 bridgehead atoms. The normalized spacial score (nSPS) is 19.4. The van der Waals surface area contributed by atoms with Crippen molar-refractivity contribution in [3.8, 4) is 0 Å².